The van der Waals surface area contributed by atoms with Gasteiger partial charge >= 0.3 is 0 Å². The van der Waals surface area contributed by atoms with Crippen molar-refractivity contribution in [2.24, 2.45) is 0 Å². The van der Waals surface area contributed by atoms with Crippen LogP contribution in [0.3, 0.4) is 0 Å². The number of aryl methyl sites for hydroxylation is 2. The third kappa shape index (κ3) is 7.99. The van der Waals surface area contributed by atoms with Crippen molar-refractivity contribution in [3.63, 3.8) is 0 Å². The zero-order chi connectivity index (χ0) is 29.2. The van der Waals surface area contributed by atoms with Gasteiger partial charge in [0.15, 0.2) is 5.89 Å². The zero-order valence-corrected chi connectivity index (χ0v) is 24.0. The van der Waals surface area contributed by atoms with Crippen LogP contribution in [0, 0.1) is 13.8 Å². The van der Waals surface area contributed by atoms with E-state index < -0.39 is 6.04 Å². The fraction of sp³-hybridized carbons (Fsp3) is 0.273. The summed E-state index contributed by atoms with van der Waals surface area (Å²) in [4.78, 5) is 39.5. The Morgan fingerprint density at radius 3 is 2.27 bits per heavy atom. The van der Waals surface area contributed by atoms with Gasteiger partial charge in [0.25, 0.3) is 0 Å². The molecule has 41 heavy (non-hydrogen) atoms. The SMILES string of the molecule is COCCN(C)C(=O)C(Cc1ccccc1)N(Cc1ccc(-c2ccncc2)cc1)C(=O)C=Cc1nc(C)oc1C. The number of benzene rings is 2. The summed E-state index contributed by atoms with van der Waals surface area (Å²) in [5.41, 5.74) is 4.55. The summed E-state index contributed by atoms with van der Waals surface area (Å²) in [7, 11) is 3.34. The van der Waals surface area contributed by atoms with E-state index in [0.717, 1.165) is 22.3 Å². The van der Waals surface area contributed by atoms with Gasteiger partial charge in [-0.1, -0.05) is 54.6 Å². The normalized spacial score (nSPS) is 11.9. The second kappa shape index (κ2) is 14.2. The van der Waals surface area contributed by atoms with Gasteiger partial charge in [-0.25, -0.2) is 4.98 Å². The first-order chi connectivity index (χ1) is 19.9. The lowest BCUT2D eigenvalue weighted by Crippen LogP contribution is -2.51. The minimum absolute atomic E-state index is 0.158. The molecule has 1 atom stereocenters. The maximum atomic E-state index is 13.9. The van der Waals surface area contributed by atoms with E-state index in [9.17, 15) is 9.59 Å². The van der Waals surface area contributed by atoms with Crippen LogP contribution in [0.15, 0.2) is 89.6 Å². The summed E-state index contributed by atoms with van der Waals surface area (Å²) in [6.07, 6.45) is 7.00. The molecule has 0 aliphatic rings. The van der Waals surface area contributed by atoms with Gasteiger partial charge < -0.3 is 19.0 Å². The third-order valence-electron chi connectivity index (χ3n) is 6.87. The van der Waals surface area contributed by atoms with Crippen LogP contribution in [0.5, 0.6) is 0 Å². The highest BCUT2D eigenvalue weighted by molar-refractivity contribution is 5.95. The third-order valence-corrected chi connectivity index (χ3v) is 6.87. The summed E-state index contributed by atoms with van der Waals surface area (Å²) in [5, 5.41) is 0. The minimum atomic E-state index is -0.739. The Kier molecular flexibility index (Phi) is 10.2. The van der Waals surface area contributed by atoms with Crippen LogP contribution in [-0.2, 0) is 27.3 Å². The summed E-state index contributed by atoms with van der Waals surface area (Å²) in [6, 6.07) is 20.9. The first-order valence-electron chi connectivity index (χ1n) is 13.6. The molecule has 0 bridgehead atoms. The lowest BCUT2D eigenvalue weighted by Gasteiger charge is -2.33. The lowest BCUT2D eigenvalue weighted by atomic mass is 10.0. The van der Waals surface area contributed by atoms with Crippen LogP contribution in [0.25, 0.3) is 17.2 Å². The molecule has 0 aliphatic carbocycles. The summed E-state index contributed by atoms with van der Waals surface area (Å²) < 4.78 is 10.7. The Morgan fingerprint density at radius 2 is 1.63 bits per heavy atom. The maximum absolute atomic E-state index is 13.9. The highest BCUT2D eigenvalue weighted by Gasteiger charge is 2.31. The van der Waals surface area contributed by atoms with E-state index >= 15 is 0 Å². The van der Waals surface area contributed by atoms with Crippen LogP contribution < -0.4 is 0 Å². The molecule has 4 rings (SSSR count). The van der Waals surface area contributed by atoms with Crippen LogP contribution in [0.4, 0.5) is 0 Å². The molecular weight excluding hydrogens is 516 g/mol. The van der Waals surface area contributed by atoms with Crippen LogP contribution in [0.2, 0.25) is 0 Å². The molecule has 2 amide bonds. The number of rotatable bonds is 12. The number of hydrogen-bond acceptors (Lipinski definition) is 6. The van der Waals surface area contributed by atoms with E-state index in [2.05, 4.69) is 9.97 Å². The van der Waals surface area contributed by atoms with Crippen molar-refractivity contribution in [1.82, 2.24) is 19.8 Å². The van der Waals surface area contributed by atoms with Crippen molar-refractivity contribution in [2.75, 3.05) is 27.3 Å². The van der Waals surface area contributed by atoms with Gasteiger partial charge in [0.2, 0.25) is 11.8 Å². The molecule has 0 N–H and O–H groups in total. The second-order valence-electron chi connectivity index (χ2n) is 9.86. The average molecular weight is 553 g/mol. The van der Waals surface area contributed by atoms with E-state index in [1.54, 1.807) is 56.3 Å². The molecular formula is C33H36N4O4. The molecule has 8 nitrogen and oxygen atoms in total. The molecule has 2 aromatic heterocycles. The molecule has 0 radical (unpaired) electrons. The number of pyridine rings is 1. The van der Waals surface area contributed by atoms with Crippen molar-refractivity contribution in [3.05, 3.63) is 114 Å². The number of methoxy groups -OCH3 is 1. The van der Waals surface area contributed by atoms with Gasteiger partial charge in [-0.15, -0.1) is 0 Å². The van der Waals surface area contributed by atoms with Crippen molar-refractivity contribution in [3.8, 4) is 11.1 Å². The molecule has 8 heteroatoms. The summed E-state index contributed by atoms with van der Waals surface area (Å²) >= 11 is 0. The standard InChI is InChI=1S/C33H36N4O4/c1-24-30(35-25(2)41-24)14-15-32(38)37(23-27-10-12-28(13-11-27)29-16-18-34-19-17-29)31(22-26-8-6-5-7-9-26)33(39)36(3)20-21-40-4/h5-19,31H,20-23H2,1-4H3. The predicted molar refractivity (Wildman–Crippen MR) is 159 cm³/mol. The molecule has 0 spiro atoms. The Bertz CT molecular complexity index is 1450. The molecule has 0 fully saturated rings. The van der Waals surface area contributed by atoms with Crippen LogP contribution >= 0.6 is 0 Å². The number of carbonyl (C=O) groups excluding carboxylic acids is 2. The van der Waals surface area contributed by atoms with Crippen molar-refractivity contribution >= 4 is 17.9 Å². The van der Waals surface area contributed by atoms with Crippen LogP contribution in [0.1, 0.15) is 28.5 Å². The highest BCUT2D eigenvalue weighted by atomic mass is 16.5. The molecule has 4 aromatic rings. The van der Waals surface area contributed by atoms with Crippen molar-refractivity contribution in [2.45, 2.75) is 32.9 Å². The van der Waals surface area contributed by atoms with Gasteiger partial charge in [0.05, 0.1) is 6.61 Å². The minimum Gasteiger partial charge on any atom is -0.446 e. The maximum Gasteiger partial charge on any atom is 0.247 e. The summed E-state index contributed by atoms with van der Waals surface area (Å²) in [6.45, 7) is 4.63. The lowest BCUT2D eigenvalue weighted by molar-refractivity contribution is -0.143. The van der Waals surface area contributed by atoms with Gasteiger partial charge in [-0.3, -0.25) is 14.6 Å². The topological polar surface area (TPSA) is 88.8 Å². The zero-order valence-electron chi connectivity index (χ0n) is 24.0. The second-order valence-corrected chi connectivity index (χ2v) is 9.86. The average Bonchev–Trinajstić information content (AvgIpc) is 3.33. The molecule has 1 unspecified atom stereocenters. The van der Waals surface area contributed by atoms with Gasteiger partial charge in [0, 0.05) is 59.1 Å². The van der Waals surface area contributed by atoms with Crippen LogP contribution in [-0.4, -0.2) is 64.9 Å². The number of likely N-dealkylation sites (N-methyl/N-ethyl adjacent to an activating group) is 1. The number of nitrogens with zero attached hydrogens (tertiary/aromatic N) is 4. The Morgan fingerprint density at radius 1 is 0.951 bits per heavy atom. The van der Waals surface area contributed by atoms with E-state index in [4.69, 9.17) is 9.15 Å². The van der Waals surface area contributed by atoms with Gasteiger partial charge in [-0.2, -0.15) is 0 Å². The number of aromatic nitrogens is 2. The predicted octanol–water partition coefficient (Wildman–Crippen LogP) is 5.11. The van der Waals surface area contributed by atoms with Crippen molar-refractivity contribution in [1.29, 1.82) is 0 Å². The molecule has 2 aromatic carbocycles. The number of hydrogen-bond donors (Lipinski definition) is 0. The van der Waals surface area contributed by atoms with Gasteiger partial charge in [0.1, 0.15) is 17.5 Å². The molecule has 0 saturated carbocycles. The number of carbonyl (C=O) groups is 2. The number of ether oxygens (including phenoxy) is 1. The highest BCUT2D eigenvalue weighted by Crippen LogP contribution is 2.22. The molecule has 0 saturated heterocycles. The largest absolute Gasteiger partial charge is 0.446 e. The Balaban J connectivity index is 1.69. The number of amides is 2. The van der Waals surface area contributed by atoms with E-state index in [-0.39, 0.29) is 18.4 Å². The van der Waals surface area contributed by atoms with Gasteiger partial charge in [-0.05, 0) is 47.4 Å². The van der Waals surface area contributed by atoms with E-state index in [1.807, 2.05) is 66.7 Å². The summed E-state index contributed by atoms with van der Waals surface area (Å²) in [5.74, 6) is 0.700. The van der Waals surface area contributed by atoms with E-state index in [0.29, 0.717) is 36.9 Å². The molecule has 2 heterocycles. The molecule has 212 valence electrons. The quantitative estimate of drug-likeness (QED) is 0.227. The fourth-order valence-electron chi connectivity index (χ4n) is 4.59. The van der Waals surface area contributed by atoms with E-state index in [1.165, 1.54) is 6.08 Å². The fourth-order valence-corrected chi connectivity index (χ4v) is 4.59. The monoisotopic (exact) mass is 552 g/mol. The Labute approximate surface area is 241 Å². The first kappa shape index (κ1) is 29.4. The number of oxazole rings is 1. The molecule has 0 aliphatic heterocycles. The first-order valence-corrected chi connectivity index (χ1v) is 13.6. The smallest absolute Gasteiger partial charge is 0.247 e. The van der Waals surface area contributed by atoms with Crippen molar-refractivity contribution < 1.29 is 18.7 Å². The Hall–Kier alpha value is -4.56.